The van der Waals surface area contributed by atoms with Crippen LogP contribution in [0.25, 0.3) is 16.8 Å². The predicted octanol–water partition coefficient (Wildman–Crippen LogP) is 3.05. The molecule has 0 unspecified atom stereocenters. The van der Waals surface area contributed by atoms with Crippen LogP contribution in [0, 0.1) is 0 Å². The fourth-order valence-electron chi connectivity index (χ4n) is 5.52. The molecule has 3 fully saturated rings. The number of nitrogens with one attached hydrogen (secondary N) is 1. The van der Waals surface area contributed by atoms with E-state index >= 15 is 0 Å². The fourth-order valence-corrected chi connectivity index (χ4v) is 5.52. The molecule has 43 heavy (non-hydrogen) atoms. The number of ether oxygens (including phenoxy) is 2. The number of aromatic nitrogens is 4. The van der Waals surface area contributed by atoms with Crippen LogP contribution in [0.5, 0.6) is 5.88 Å². The van der Waals surface area contributed by atoms with Crippen molar-refractivity contribution < 1.29 is 32.2 Å². The van der Waals surface area contributed by atoms with Gasteiger partial charge in [-0.3, -0.25) is 9.69 Å². The standard InChI is InChI=1S/C28H33F3N8O4/c1-27(3-4-27)43-26(41)38-13-19(29)20(14-38)36-24(40)18-9-16(11-33-25(18)42-2)21-10-17(22-23(32)34-15-35-39(21)22)12-37-7-5-28(30,31)6-8-37/h9-11,15,19-20H,3-8,12-14H2,1-2H3,(H,36,40)(H2,32,34,35)/t19-,20+/m0/s1. The van der Waals surface area contributed by atoms with Gasteiger partial charge >= 0.3 is 6.09 Å². The maximum atomic E-state index is 14.9. The quantitative estimate of drug-likeness (QED) is 0.418. The van der Waals surface area contributed by atoms with Crippen LogP contribution in [-0.4, -0.2) is 98.4 Å². The van der Waals surface area contributed by atoms with Crippen LogP contribution in [0.2, 0.25) is 0 Å². The number of nitrogens with two attached hydrogens (primary N) is 1. The summed E-state index contributed by atoms with van der Waals surface area (Å²) in [7, 11) is 1.36. The van der Waals surface area contributed by atoms with Crippen molar-refractivity contribution in [2.24, 2.45) is 0 Å². The summed E-state index contributed by atoms with van der Waals surface area (Å²) < 4.78 is 54.7. The molecule has 2 atom stereocenters. The van der Waals surface area contributed by atoms with Crippen LogP contribution in [0.3, 0.4) is 0 Å². The summed E-state index contributed by atoms with van der Waals surface area (Å²) in [6.07, 6.45) is 1.79. The van der Waals surface area contributed by atoms with Crippen molar-refractivity contribution >= 4 is 23.3 Å². The SMILES string of the molecule is COc1ncc(-c2cc(CN3CCC(F)(F)CC3)c3c(N)ncnn23)cc1C(=O)N[C@@H]1CN(C(=O)OC2(C)CC2)C[C@@H]1F. The average Bonchev–Trinajstić information content (AvgIpc) is 3.40. The third-order valence-electron chi connectivity index (χ3n) is 8.34. The van der Waals surface area contributed by atoms with Gasteiger partial charge in [-0.05, 0) is 37.5 Å². The molecular formula is C28H33F3N8O4. The first-order chi connectivity index (χ1) is 20.4. The predicted molar refractivity (Wildman–Crippen MR) is 148 cm³/mol. The minimum Gasteiger partial charge on any atom is -0.480 e. The highest BCUT2D eigenvalue weighted by Crippen LogP contribution is 2.39. The zero-order chi connectivity index (χ0) is 30.5. The molecule has 3 N–H and O–H groups in total. The maximum Gasteiger partial charge on any atom is 0.410 e. The van der Waals surface area contributed by atoms with Gasteiger partial charge in [0.15, 0.2) is 5.82 Å². The van der Waals surface area contributed by atoms with Crippen molar-refractivity contribution in [2.45, 2.75) is 62.9 Å². The largest absolute Gasteiger partial charge is 0.480 e. The Balaban J connectivity index is 1.24. The second-order valence-electron chi connectivity index (χ2n) is 11.7. The molecule has 2 amide bonds. The van der Waals surface area contributed by atoms with Gasteiger partial charge < -0.3 is 25.4 Å². The number of piperidine rings is 1. The molecule has 12 nitrogen and oxygen atoms in total. The molecule has 5 heterocycles. The van der Waals surface area contributed by atoms with Gasteiger partial charge in [-0.25, -0.2) is 32.4 Å². The van der Waals surface area contributed by atoms with Gasteiger partial charge in [0.2, 0.25) is 5.88 Å². The number of hydrogen-bond acceptors (Lipinski definition) is 9. The van der Waals surface area contributed by atoms with Crippen LogP contribution in [0.1, 0.15) is 48.5 Å². The van der Waals surface area contributed by atoms with Crippen LogP contribution >= 0.6 is 0 Å². The monoisotopic (exact) mass is 602 g/mol. The number of pyridine rings is 1. The lowest BCUT2D eigenvalue weighted by molar-refractivity contribution is -0.0565. The average molecular weight is 603 g/mol. The van der Waals surface area contributed by atoms with E-state index < -0.39 is 35.7 Å². The Bertz CT molecular complexity index is 1550. The van der Waals surface area contributed by atoms with E-state index in [-0.39, 0.29) is 56.3 Å². The second-order valence-corrected chi connectivity index (χ2v) is 11.7. The van der Waals surface area contributed by atoms with Crippen LogP contribution in [0.4, 0.5) is 23.8 Å². The van der Waals surface area contributed by atoms with E-state index in [2.05, 4.69) is 20.4 Å². The van der Waals surface area contributed by atoms with Crippen LogP contribution < -0.4 is 15.8 Å². The number of anilines is 1. The zero-order valence-corrected chi connectivity index (χ0v) is 23.9. The molecule has 0 radical (unpaired) electrons. The number of alkyl halides is 3. The van der Waals surface area contributed by atoms with Crippen molar-refractivity contribution in [3.63, 3.8) is 0 Å². The van der Waals surface area contributed by atoms with E-state index in [1.54, 1.807) is 10.6 Å². The summed E-state index contributed by atoms with van der Waals surface area (Å²) in [6, 6.07) is 2.41. The third-order valence-corrected chi connectivity index (χ3v) is 8.34. The summed E-state index contributed by atoms with van der Waals surface area (Å²) in [5.41, 5.74) is 8.05. The molecule has 0 bridgehead atoms. The van der Waals surface area contributed by atoms with E-state index in [0.717, 1.165) is 18.4 Å². The lowest BCUT2D eigenvalue weighted by Crippen LogP contribution is -2.42. The number of rotatable bonds is 7. The Labute approximate surface area is 245 Å². The Morgan fingerprint density at radius 3 is 2.58 bits per heavy atom. The summed E-state index contributed by atoms with van der Waals surface area (Å²) in [6.45, 7) is 2.41. The van der Waals surface area contributed by atoms with E-state index in [1.165, 1.54) is 24.5 Å². The number of fused-ring (bicyclic) bond motifs is 1. The first-order valence-corrected chi connectivity index (χ1v) is 14.1. The molecule has 1 aliphatic carbocycles. The van der Waals surface area contributed by atoms with Crippen molar-refractivity contribution in [1.82, 2.24) is 34.7 Å². The third kappa shape index (κ3) is 5.90. The van der Waals surface area contributed by atoms with E-state index in [1.807, 2.05) is 17.9 Å². The lowest BCUT2D eigenvalue weighted by atomic mass is 10.1. The number of methoxy groups -OCH3 is 1. The van der Waals surface area contributed by atoms with Gasteiger partial charge in [0.05, 0.1) is 25.4 Å². The van der Waals surface area contributed by atoms with E-state index in [0.29, 0.717) is 23.3 Å². The molecule has 3 aromatic rings. The van der Waals surface area contributed by atoms with E-state index in [4.69, 9.17) is 15.2 Å². The normalized spacial score (nSPS) is 22.9. The molecule has 1 saturated carbocycles. The molecule has 230 valence electrons. The first kappa shape index (κ1) is 29.0. The molecule has 2 aliphatic heterocycles. The summed E-state index contributed by atoms with van der Waals surface area (Å²) >= 11 is 0. The fraction of sp³-hybridized carbons (Fsp3) is 0.536. The highest BCUT2D eigenvalue weighted by atomic mass is 19.3. The number of likely N-dealkylation sites (tertiary alicyclic amines) is 2. The number of amides is 2. The van der Waals surface area contributed by atoms with Crippen LogP contribution in [0.15, 0.2) is 24.7 Å². The van der Waals surface area contributed by atoms with Crippen molar-refractivity contribution in [3.05, 3.63) is 35.8 Å². The van der Waals surface area contributed by atoms with Crippen molar-refractivity contribution in [2.75, 3.05) is 39.0 Å². The molecule has 2 saturated heterocycles. The van der Waals surface area contributed by atoms with Crippen molar-refractivity contribution in [3.8, 4) is 17.1 Å². The molecule has 3 aromatic heterocycles. The lowest BCUT2D eigenvalue weighted by Gasteiger charge is -2.31. The molecule has 15 heteroatoms. The molecule has 3 aliphatic rings. The Morgan fingerprint density at radius 2 is 1.88 bits per heavy atom. The number of nitrogen functional groups attached to an aromatic ring is 1. The van der Waals surface area contributed by atoms with Gasteiger partial charge in [0.25, 0.3) is 11.8 Å². The van der Waals surface area contributed by atoms with Gasteiger partial charge in [0.1, 0.15) is 29.2 Å². The Hall–Kier alpha value is -4.14. The summed E-state index contributed by atoms with van der Waals surface area (Å²) in [4.78, 5) is 37.5. The minimum atomic E-state index is -2.67. The van der Waals surface area contributed by atoms with Gasteiger partial charge in [-0.2, -0.15) is 5.10 Å². The number of nitrogens with zero attached hydrogens (tertiary/aromatic N) is 6. The Kier molecular flexibility index (Phi) is 7.30. The van der Waals surface area contributed by atoms with Gasteiger partial charge in [0, 0.05) is 50.8 Å². The highest BCUT2D eigenvalue weighted by molar-refractivity contribution is 5.98. The van der Waals surface area contributed by atoms with E-state index in [9.17, 15) is 22.8 Å². The van der Waals surface area contributed by atoms with Crippen LogP contribution in [-0.2, 0) is 11.3 Å². The summed E-state index contributed by atoms with van der Waals surface area (Å²) in [5, 5.41) is 7.02. The minimum absolute atomic E-state index is 0.0250. The molecule has 0 spiro atoms. The summed E-state index contributed by atoms with van der Waals surface area (Å²) in [5.74, 6) is -3.06. The molecule has 0 aromatic carbocycles. The van der Waals surface area contributed by atoms with Gasteiger partial charge in [-0.15, -0.1) is 0 Å². The zero-order valence-electron chi connectivity index (χ0n) is 23.9. The van der Waals surface area contributed by atoms with Crippen molar-refractivity contribution in [1.29, 1.82) is 0 Å². The highest BCUT2D eigenvalue weighted by Gasteiger charge is 2.45. The number of halogens is 3. The maximum absolute atomic E-state index is 14.9. The Morgan fingerprint density at radius 1 is 1.14 bits per heavy atom. The molecular weight excluding hydrogens is 569 g/mol. The number of carbonyl (C=O) groups is 2. The second kappa shape index (κ2) is 10.8. The first-order valence-electron chi connectivity index (χ1n) is 14.1. The van der Waals surface area contributed by atoms with Gasteiger partial charge in [-0.1, -0.05) is 0 Å². The molecule has 6 rings (SSSR count). The topological polar surface area (TPSA) is 140 Å². The smallest absolute Gasteiger partial charge is 0.410 e. The number of hydrogen-bond donors (Lipinski definition) is 2. The number of carbonyl (C=O) groups excluding carboxylic acids is 2.